The lowest BCUT2D eigenvalue weighted by molar-refractivity contribution is 0.0796. The highest BCUT2D eigenvalue weighted by Crippen LogP contribution is 2.38. The molecule has 2 aromatic rings. The molecular weight excluding hydrogens is 424 g/mol. The van der Waals surface area contributed by atoms with Crippen molar-refractivity contribution >= 4 is 34.0 Å². The molecule has 10 heteroatoms. The van der Waals surface area contributed by atoms with Gasteiger partial charge < -0.3 is 21.3 Å². The van der Waals surface area contributed by atoms with Gasteiger partial charge in [-0.1, -0.05) is 6.07 Å². The normalized spacial score (nSPS) is 15.8. The van der Waals surface area contributed by atoms with Crippen LogP contribution in [0.2, 0.25) is 0 Å². The van der Waals surface area contributed by atoms with Gasteiger partial charge >= 0.3 is 6.03 Å². The van der Waals surface area contributed by atoms with Crippen LogP contribution >= 0.6 is 11.3 Å². The van der Waals surface area contributed by atoms with Gasteiger partial charge in [-0.05, 0) is 74.6 Å². The van der Waals surface area contributed by atoms with E-state index in [4.69, 9.17) is 16.0 Å². The Morgan fingerprint density at radius 3 is 2.20 bits per heavy atom. The first kappa shape index (κ1) is 22.8. The number of aryl methyl sites for hydroxylation is 2. The van der Waals surface area contributed by atoms with Crippen LogP contribution in [0.4, 0.5) is 10.5 Å². The number of hydrogen-bond acceptors (Lipinski definition) is 6. The molecule has 2 aliphatic rings. The number of fused-ring (bicyclic) bond motifs is 2. The molecule has 0 saturated carbocycles. The second-order valence-electron chi connectivity index (χ2n) is 7.99. The van der Waals surface area contributed by atoms with E-state index < -0.39 is 22.6 Å². The van der Waals surface area contributed by atoms with E-state index in [1.807, 2.05) is 0 Å². The highest BCUT2D eigenvalue weighted by atomic mass is 32.2. The molecule has 0 spiro atoms. The first-order valence-electron chi connectivity index (χ1n) is 9.84. The maximum atomic E-state index is 11.1. The topological polar surface area (TPSA) is 152 Å². The van der Waals surface area contributed by atoms with Gasteiger partial charge in [0.2, 0.25) is 0 Å². The number of aliphatic hydroxyl groups is 2. The summed E-state index contributed by atoms with van der Waals surface area (Å²) in [4.78, 5) is 15.5. The van der Waals surface area contributed by atoms with Gasteiger partial charge in [0.05, 0.1) is 22.8 Å². The predicted molar refractivity (Wildman–Crippen MR) is 118 cm³/mol. The van der Waals surface area contributed by atoms with Gasteiger partial charge in [0.15, 0.2) is 15.3 Å². The van der Waals surface area contributed by atoms with Crippen LogP contribution in [0.3, 0.4) is 0 Å². The molecule has 2 aliphatic carbocycles. The Kier molecular flexibility index (Phi) is 6.93. The lowest BCUT2D eigenvalue weighted by atomic mass is 9.99. The number of primary amides is 1. The quantitative estimate of drug-likeness (QED) is 0.480. The summed E-state index contributed by atoms with van der Waals surface area (Å²) in [5.74, 6) is 0. The third kappa shape index (κ3) is 4.89. The van der Waals surface area contributed by atoms with Gasteiger partial charge in [-0.15, -0.1) is 11.3 Å². The molecule has 30 heavy (non-hydrogen) atoms. The van der Waals surface area contributed by atoms with Crippen molar-refractivity contribution in [2.75, 3.05) is 5.32 Å². The van der Waals surface area contributed by atoms with Crippen molar-refractivity contribution in [2.24, 2.45) is 10.9 Å². The molecule has 0 fully saturated rings. The number of carbonyl (C=O) groups is 1. The van der Waals surface area contributed by atoms with Gasteiger partial charge in [-0.2, -0.15) is 0 Å². The van der Waals surface area contributed by atoms with E-state index in [-0.39, 0.29) is 10.9 Å². The molecule has 0 saturated heterocycles. The first-order chi connectivity index (χ1) is 14.1. The number of urea groups is 1. The number of rotatable bonds is 4. The molecule has 0 radical (unpaired) electrons. The van der Waals surface area contributed by atoms with Crippen LogP contribution in [0, 0.1) is 0 Å². The molecule has 8 nitrogen and oxygen atoms in total. The Labute approximate surface area is 182 Å². The van der Waals surface area contributed by atoms with Gasteiger partial charge in [0.25, 0.3) is 0 Å². The highest BCUT2D eigenvalue weighted by Gasteiger charge is 2.26. The molecular formula is C20H28N4O4S2. The number of aromatic nitrogens is 1. The van der Waals surface area contributed by atoms with Crippen LogP contribution < -0.4 is 16.2 Å². The van der Waals surface area contributed by atoms with Crippen molar-refractivity contribution in [1.29, 1.82) is 0 Å². The minimum absolute atomic E-state index is 0.214. The standard InChI is InChI=1S/C13H16N2O.C7H12N2O3S2/c14-13(16)15-12-10-5-1-3-8(10)7-9-4-2-6-11(9)12;1-7(2,11)5-4(3-10)9-6(13-5)14(8)12/h7H,1-6H2,(H3,14,15,16);10-11H,3,8H2,1-2H3. The zero-order chi connectivity index (χ0) is 22.1. The third-order valence-corrected chi connectivity index (χ3v) is 7.66. The number of nitrogens with one attached hydrogen (secondary N) is 1. The predicted octanol–water partition coefficient (Wildman–Crippen LogP) is 2.00. The molecule has 1 unspecified atom stereocenters. The lowest BCUT2D eigenvalue weighted by Gasteiger charge is -2.15. The largest absolute Gasteiger partial charge is 0.390 e. The molecule has 0 bridgehead atoms. The summed E-state index contributed by atoms with van der Waals surface area (Å²) in [5.41, 5.74) is 11.0. The SMILES string of the molecule is CC(C)(O)c1sc(S(N)=O)nc1CO.NC(=O)Nc1c2c(cc3c1CCC3)CCC2. The van der Waals surface area contributed by atoms with Gasteiger partial charge in [0, 0.05) is 5.69 Å². The zero-order valence-corrected chi connectivity index (χ0v) is 18.8. The van der Waals surface area contributed by atoms with E-state index in [0.717, 1.165) is 42.7 Å². The van der Waals surface area contributed by atoms with Crippen LogP contribution in [-0.2, 0) is 48.9 Å². The Bertz CT molecular complexity index is 950. The minimum atomic E-state index is -1.67. The summed E-state index contributed by atoms with van der Waals surface area (Å²) in [6, 6.07) is 1.91. The molecule has 2 amide bonds. The summed E-state index contributed by atoms with van der Waals surface area (Å²) in [6.45, 7) is 2.85. The lowest BCUT2D eigenvalue weighted by Crippen LogP contribution is -2.21. The van der Waals surface area contributed by atoms with E-state index in [1.165, 1.54) is 35.1 Å². The van der Waals surface area contributed by atoms with Crippen LogP contribution in [-0.4, -0.2) is 25.4 Å². The molecule has 164 valence electrons. The Morgan fingerprint density at radius 1 is 1.23 bits per heavy atom. The fourth-order valence-corrected chi connectivity index (χ4v) is 5.68. The van der Waals surface area contributed by atoms with Crippen LogP contribution in [0.1, 0.15) is 59.5 Å². The molecule has 1 aromatic heterocycles. The fourth-order valence-electron chi connectivity index (χ4n) is 4.09. The highest BCUT2D eigenvalue weighted by molar-refractivity contribution is 7.84. The average molecular weight is 453 g/mol. The number of thiazole rings is 1. The first-order valence-corrected chi connectivity index (χ1v) is 11.9. The summed E-state index contributed by atoms with van der Waals surface area (Å²) in [6.07, 6.45) is 6.86. The van der Waals surface area contributed by atoms with Crippen LogP contribution in [0.25, 0.3) is 0 Å². The van der Waals surface area contributed by atoms with E-state index in [1.54, 1.807) is 13.8 Å². The van der Waals surface area contributed by atoms with Crippen molar-refractivity contribution in [2.45, 2.75) is 68.9 Å². The van der Waals surface area contributed by atoms with E-state index in [0.29, 0.717) is 10.6 Å². The molecule has 1 atom stereocenters. The van der Waals surface area contributed by atoms with Crippen molar-refractivity contribution in [1.82, 2.24) is 4.98 Å². The van der Waals surface area contributed by atoms with Crippen molar-refractivity contribution < 1.29 is 19.2 Å². The second-order valence-corrected chi connectivity index (χ2v) is 10.2. The smallest absolute Gasteiger partial charge is 0.316 e. The van der Waals surface area contributed by atoms with Crippen molar-refractivity contribution in [3.05, 3.63) is 38.9 Å². The number of carbonyl (C=O) groups excluding carboxylic acids is 1. The van der Waals surface area contributed by atoms with Gasteiger partial charge in [-0.25, -0.2) is 19.1 Å². The summed E-state index contributed by atoms with van der Waals surface area (Å²) in [5, 5.41) is 26.7. The number of nitrogens with two attached hydrogens (primary N) is 2. The van der Waals surface area contributed by atoms with Crippen molar-refractivity contribution in [3.8, 4) is 0 Å². The minimum Gasteiger partial charge on any atom is -0.390 e. The Morgan fingerprint density at radius 2 is 1.80 bits per heavy atom. The van der Waals surface area contributed by atoms with Crippen molar-refractivity contribution in [3.63, 3.8) is 0 Å². The Hall–Kier alpha value is -1.85. The second kappa shape index (κ2) is 9.11. The summed E-state index contributed by atoms with van der Waals surface area (Å²) < 4.78 is 11.1. The van der Waals surface area contributed by atoms with Gasteiger partial charge in [-0.3, -0.25) is 0 Å². The number of aliphatic hydroxyl groups excluding tert-OH is 1. The zero-order valence-electron chi connectivity index (χ0n) is 17.2. The molecule has 1 heterocycles. The third-order valence-electron chi connectivity index (χ3n) is 5.28. The number of nitrogens with zero attached hydrogens (tertiary/aromatic N) is 1. The average Bonchev–Trinajstić information content (AvgIpc) is 3.39. The Balaban J connectivity index is 0.000000173. The van der Waals surface area contributed by atoms with E-state index in [9.17, 15) is 14.1 Å². The summed E-state index contributed by atoms with van der Waals surface area (Å²) in [7, 11) is -1.67. The number of amides is 2. The van der Waals surface area contributed by atoms with E-state index >= 15 is 0 Å². The van der Waals surface area contributed by atoms with E-state index in [2.05, 4.69) is 16.4 Å². The molecule has 7 N–H and O–H groups in total. The maximum Gasteiger partial charge on any atom is 0.316 e. The number of benzene rings is 1. The molecule has 0 aliphatic heterocycles. The monoisotopic (exact) mass is 452 g/mol. The summed E-state index contributed by atoms with van der Waals surface area (Å²) >= 11 is 1.05. The fraction of sp³-hybridized carbons (Fsp3) is 0.500. The van der Waals surface area contributed by atoms with Crippen LogP contribution in [0.5, 0.6) is 0 Å². The number of anilines is 1. The molecule has 1 aromatic carbocycles. The van der Waals surface area contributed by atoms with Crippen LogP contribution in [0.15, 0.2) is 10.4 Å². The van der Waals surface area contributed by atoms with Gasteiger partial charge in [0.1, 0.15) is 0 Å². The maximum absolute atomic E-state index is 11.1. The number of hydrogen-bond donors (Lipinski definition) is 5. The molecule has 4 rings (SSSR count).